The number of aliphatic hydroxyl groups excluding tert-OH is 1. The third kappa shape index (κ3) is 3.15. The summed E-state index contributed by atoms with van der Waals surface area (Å²) in [5, 5.41) is 10.3. The predicted molar refractivity (Wildman–Crippen MR) is 75.1 cm³/mol. The maximum absolute atomic E-state index is 12.3. The molecule has 1 unspecified atom stereocenters. The van der Waals surface area contributed by atoms with Gasteiger partial charge in [0, 0.05) is 6.61 Å². The number of methoxy groups -OCH3 is 1. The van der Waals surface area contributed by atoms with E-state index < -0.39 is 6.10 Å². The van der Waals surface area contributed by atoms with Crippen LogP contribution in [0.4, 0.5) is 0 Å². The van der Waals surface area contributed by atoms with Crippen LogP contribution in [-0.2, 0) is 11.3 Å². The number of nitrogens with zero attached hydrogens (tertiary/aromatic N) is 2. The summed E-state index contributed by atoms with van der Waals surface area (Å²) in [4.78, 5) is 16.5. The van der Waals surface area contributed by atoms with Crippen LogP contribution in [0.15, 0.2) is 29.3 Å². The van der Waals surface area contributed by atoms with Gasteiger partial charge < -0.3 is 14.6 Å². The third-order valence-electron chi connectivity index (χ3n) is 2.95. The molecule has 6 heteroatoms. The van der Waals surface area contributed by atoms with E-state index in [0.717, 1.165) is 0 Å². The van der Waals surface area contributed by atoms with Crippen molar-refractivity contribution in [2.24, 2.45) is 0 Å². The maximum atomic E-state index is 12.3. The molecule has 0 amide bonds. The first kappa shape index (κ1) is 14.5. The summed E-state index contributed by atoms with van der Waals surface area (Å²) < 4.78 is 11.6. The van der Waals surface area contributed by atoms with Gasteiger partial charge in [-0.3, -0.25) is 9.36 Å². The number of hydrogen-bond donors (Lipinski definition) is 1. The lowest BCUT2D eigenvalue weighted by atomic mass is 10.2. The van der Waals surface area contributed by atoms with Crippen molar-refractivity contribution in [3.05, 3.63) is 34.9 Å². The minimum atomic E-state index is -0.738. The Labute approximate surface area is 116 Å². The molecular formula is C14H18N2O4. The first-order valence-corrected chi connectivity index (χ1v) is 6.44. The van der Waals surface area contributed by atoms with Gasteiger partial charge in [-0.1, -0.05) is 0 Å². The minimum Gasteiger partial charge on any atom is -0.497 e. The largest absolute Gasteiger partial charge is 0.497 e. The van der Waals surface area contributed by atoms with Crippen LogP contribution < -0.4 is 10.3 Å². The lowest BCUT2D eigenvalue weighted by molar-refractivity contribution is 0.0329. The fourth-order valence-corrected chi connectivity index (χ4v) is 1.93. The summed E-state index contributed by atoms with van der Waals surface area (Å²) >= 11 is 0. The van der Waals surface area contributed by atoms with Crippen molar-refractivity contribution in [1.82, 2.24) is 9.55 Å². The van der Waals surface area contributed by atoms with E-state index in [-0.39, 0.29) is 18.7 Å². The molecule has 1 aromatic carbocycles. The summed E-state index contributed by atoms with van der Waals surface area (Å²) in [6.45, 7) is 2.72. The lowest BCUT2D eigenvalue weighted by Gasteiger charge is -2.12. The Morgan fingerprint density at radius 2 is 2.25 bits per heavy atom. The Kier molecular flexibility index (Phi) is 4.70. The molecule has 1 aromatic heterocycles. The molecule has 108 valence electrons. The van der Waals surface area contributed by atoms with Gasteiger partial charge in [0.05, 0.1) is 43.6 Å². The Bertz CT molecular complexity index is 639. The van der Waals surface area contributed by atoms with E-state index in [1.54, 1.807) is 25.3 Å². The van der Waals surface area contributed by atoms with E-state index in [1.807, 2.05) is 6.92 Å². The van der Waals surface area contributed by atoms with Crippen molar-refractivity contribution in [3.63, 3.8) is 0 Å². The number of fused-ring (bicyclic) bond motifs is 1. The van der Waals surface area contributed by atoms with E-state index in [4.69, 9.17) is 9.47 Å². The summed E-state index contributed by atoms with van der Waals surface area (Å²) in [5.74, 6) is 0.601. The van der Waals surface area contributed by atoms with Gasteiger partial charge in [-0.25, -0.2) is 4.98 Å². The number of aliphatic hydroxyl groups is 1. The SMILES string of the molecule is CCOCC(O)Cn1cnc2ccc(OC)cc2c1=O. The zero-order chi connectivity index (χ0) is 14.5. The highest BCUT2D eigenvalue weighted by Gasteiger charge is 2.10. The highest BCUT2D eigenvalue weighted by Crippen LogP contribution is 2.15. The smallest absolute Gasteiger partial charge is 0.261 e. The zero-order valence-corrected chi connectivity index (χ0v) is 11.6. The highest BCUT2D eigenvalue weighted by molar-refractivity contribution is 5.78. The zero-order valence-electron chi connectivity index (χ0n) is 11.6. The van der Waals surface area contributed by atoms with Crippen LogP contribution in [0.1, 0.15) is 6.92 Å². The molecule has 0 saturated carbocycles. The first-order chi connectivity index (χ1) is 9.65. The fraction of sp³-hybridized carbons (Fsp3) is 0.429. The van der Waals surface area contributed by atoms with Crippen LogP contribution in [0.3, 0.4) is 0 Å². The number of rotatable bonds is 6. The molecule has 2 aromatic rings. The van der Waals surface area contributed by atoms with Gasteiger partial charge in [0.2, 0.25) is 0 Å². The molecule has 0 aliphatic rings. The predicted octanol–water partition coefficient (Wildman–Crippen LogP) is 0.802. The monoisotopic (exact) mass is 278 g/mol. The number of aromatic nitrogens is 2. The topological polar surface area (TPSA) is 73.6 Å². The van der Waals surface area contributed by atoms with Crippen LogP contribution in [0, 0.1) is 0 Å². The molecule has 0 fully saturated rings. The minimum absolute atomic E-state index is 0.152. The molecule has 1 atom stereocenters. The van der Waals surface area contributed by atoms with Crippen molar-refractivity contribution in [1.29, 1.82) is 0 Å². The fourth-order valence-electron chi connectivity index (χ4n) is 1.93. The van der Waals surface area contributed by atoms with Crippen molar-refractivity contribution >= 4 is 10.9 Å². The molecule has 1 N–H and O–H groups in total. The number of ether oxygens (including phenoxy) is 2. The highest BCUT2D eigenvalue weighted by atomic mass is 16.5. The van der Waals surface area contributed by atoms with Gasteiger partial charge >= 0.3 is 0 Å². The molecule has 0 aliphatic heterocycles. The average molecular weight is 278 g/mol. The Hall–Kier alpha value is -1.92. The Morgan fingerprint density at radius 3 is 2.95 bits per heavy atom. The maximum Gasteiger partial charge on any atom is 0.261 e. The number of hydrogen-bond acceptors (Lipinski definition) is 5. The second-order valence-electron chi connectivity index (χ2n) is 4.40. The van der Waals surface area contributed by atoms with E-state index in [0.29, 0.717) is 23.3 Å². The summed E-state index contributed by atoms with van der Waals surface area (Å²) in [7, 11) is 1.54. The standard InChI is InChI=1S/C14H18N2O4/c1-3-20-8-10(17)7-16-9-15-13-5-4-11(19-2)6-12(13)14(16)18/h4-6,9-10,17H,3,7-8H2,1-2H3. The lowest BCUT2D eigenvalue weighted by Crippen LogP contribution is -2.29. The van der Waals surface area contributed by atoms with Gasteiger partial charge in [0.1, 0.15) is 5.75 Å². The molecule has 6 nitrogen and oxygen atoms in total. The molecule has 20 heavy (non-hydrogen) atoms. The Balaban J connectivity index is 2.31. The van der Waals surface area contributed by atoms with Crippen molar-refractivity contribution in [3.8, 4) is 5.75 Å². The van der Waals surface area contributed by atoms with E-state index in [9.17, 15) is 9.90 Å². The summed E-state index contributed by atoms with van der Waals surface area (Å²) in [6.07, 6.45) is 0.698. The third-order valence-corrected chi connectivity index (χ3v) is 2.95. The van der Waals surface area contributed by atoms with Crippen LogP contribution in [0.2, 0.25) is 0 Å². The first-order valence-electron chi connectivity index (χ1n) is 6.44. The molecule has 0 radical (unpaired) electrons. The molecule has 2 rings (SSSR count). The average Bonchev–Trinajstić information content (AvgIpc) is 2.47. The van der Waals surface area contributed by atoms with Gasteiger partial charge in [-0.15, -0.1) is 0 Å². The van der Waals surface area contributed by atoms with Crippen LogP contribution in [0.5, 0.6) is 5.75 Å². The second-order valence-corrected chi connectivity index (χ2v) is 4.40. The number of benzene rings is 1. The van der Waals surface area contributed by atoms with Crippen molar-refractivity contribution in [2.75, 3.05) is 20.3 Å². The van der Waals surface area contributed by atoms with Crippen LogP contribution in [-0.4, -0.2) is 41.1 Å². The molecule has 0 aliphatic carbocycles. The quantitative estimate of drug-likeness (QED) is 0.846. The molecular weight excluding hydrogens is 260 g/mol. The summed E-state index contributed by atoms with van der Waals surface area (Å²) in [5.41, 5.74) is 0.399. The Morgan fingerprint density at radius 1 is 1.45 bits per heavy atom. The van der Waals surface area contributed by atoms with Crippen LogP contribution >= 0.6 is 0 Å². The summed E-state index contributed by atoms with van der Waals surface area (Å²) in [6, 6.07) is 5.13. The molecule has 1 heterocycles. The van der Waals surface area contributed by atoms with Crippen molar-refractivity contribution in [2.45, 2.75) is 19.6 Å². The van der Waals surface area contributed by atoms with E-state index in [2.05, 4.69) is 4.98 Å². The van der Waals surface area contributed by atoms with E-state index in [1.165, 1.54) is 10.9 Å². The normalized spacial score (nSPS) is 12.6. The second kappa shape index (κ2) is 6.49. The molecule has 0 spiro atoms. The van der Waals surface area contributed by atoms with Gasteiger partial charge in [0.15, 0.2) is 0 Å². The van der Waals surface area contributed by atoms with Gasteiger partial charge in [0.25, 0.3) is 5.56 Å². The van der Waals surface area contributed by atoms with Gasteiger partial charge in [-0.2, -0.15) is 0 Å². The van der Waals surface area contributed by atoms with Gasteiger partial charge in [-0.05, 0) is 25.1 Å². The molecule has 0 bridgehead atoms. The molecule has 0 saturated heterocycles. The van der Waals surface area contributed by atoms with Crippen molar-refractivity contribution < 1.29 is 14.6 Å². The van der Waals surface area contributed by atoms with Crippen LogP contribution in [0.25, 0.3) is 10.9 Å². The van der Waals surface area contributed by atoms with E-state index >= 15 is 0 Å².